The molecule has 4 nitrogen and oxygen atoms in total. The SMILES string of the molecule is CCOc1cc(C=NN)cc(Cl)c1O. The number of hydrogen-bond acceptors (Lipinski definition) is 4. The van der Waals surface area contributed by atoms with E-state index in [4.69, 9.17) is 22.2 Å². The van der Waals surface area contributed by atoms with Crippen molar-refractivity contribution in [3.8, 4) is 11.5 Å². The number of benzene rings is 1. The molecule has 0 atom stereocenters. The summed E-state index contributed by atoms with van der Waals surface area (Å²) in [4.78, 5) is 0. The van der Waals surface area contributed by atoms with Gasteiger partial charge in [-0.15, -0.1) is 0 Å². The highest BCUT2D eigenvalue weighted by atomic mass is 35.5. The maximum atomic E-state index is 9.49. The molecular formula is C9H11ClN2O2. The Labute approximate surface area is 86.9 Å². The smallest absolute Gasteiger partial charge is 0.176 e. The molecule has 0 aliphatic rings. The fraction of sp³-hybridized carbons (Fsp3) is 0.222. The molecule has 0 aliphatic carbocycles. The van der Waals surface area contributed by atoms with Crippen LogP contribution in [0.25, 0.3) is 0 Å². The standard InChI is InChI=1S/C9H11ClN2O2/c1-2-14-8-4-6(5-12-11)3-7(10)9(8)13/h3-5,13H,2,11H2,1H3. The molecule has 3 N–H and O–H groups in total. The zero-order valence-electron chi connectivity index (χ0n) is 7.70. The lowest BCUT2D eigenvalue weighted by molar-refractivity contribution is 0.318. The monoisotopic (exact) mass is 214 g/mol. The molecule has 14 heavy (non-hydrogen) atoms. The second-order valence-corrected chi connectivity index (χ2v) is 2.97. The van der Waals surface area contributed by atoms with Crippen LogP contribution in [0.5, 0.6) is 11.5 Å². The molecule has 1 aromatic rings. The van der Waals surface area contributed by atoms with E-state index in [0.717, 1.165) is 0 Å². The third-order valence-corrected chi connectivity index (χ3v) is 1.86. The van der Waals surface area contributed by atoms with Gasteiger partial charge in [0.1, 0.15) is 0 Å². The Hall–Kier alpha value is -1.42. The van der Waals surface area contributed by atoms with Gasteiger partial charge >= 0.3 is 0 Å². The van der Waals surface area contributed by atoms with E-state index in [1.165, 1.54) is 6.21 Å². The maximum Gasteiger partial charge on any atom is 0.176 e. The van der Waals surface area contributed by atoms with Gasteiger partial charge in [-0.1, -0.05) is 11.6 Å². The number of aromatic hydroxyl groups is 1. The fourth-order valence-electron chi connectivity index (χ4n) is 1.02. The number of ether oxygens (including phenoxy) is 1. The predicted octanol–water partition coefficient (Wildman–Crippen LogP) is 1.74. The third kappa shape index (κ3) is 2.29. The molecule has 0 saturated carbocycles. The molecule has 0 unspecified atom stereocenters. The van der Waals surface area contributed by atoms with Crippen LogP contribution in [-0.4, -0.2) is 17.9 Å². The van der Waals surface area contributed by atoms with Gasteiger partial charge in [0, 0.05) is 0 Å². The number of phenols is 1. The van der Waals surface area contributed by atoms with Crippen molar-refractivity contribution >= 4 is 17.8 Å². The van der Waals surface area contributed by atoms with E-state index in [1.807, 2.05) is 6.92 Å². The molecule has 1 aromatic carbocycles. The van der Waals surface area contributed by atoms with Crippen molar-refractivity contribution in [2.75, 3.05) is 6.61 Å². The zero-order valence-corrected chi connectivity index (χ0v) is 8.45. The van der Waals surface area contributed by atoms with Crippen LogP contribution in [0.4, 0.5) is 0 Å². The zero-order chi connectivity index (χ0) is 10.6. The van der Waals surface area contributed by atoms with Crippen molar-refractivity contribution in [1.82, 2.24) is 0 Å². The molecule has 0 aliphatic heterocycles. The first-order chi connectivity index (χ1) is 6.69. The van der Waals surface area contributed by atoms with Crippen LogP contribution in [0.2, 0.25) is 5.02 Å². The number of hydrazone groups is 1. The summed E-state index contributed by atoms with van der Waals surface area (Å²) in [6.45, 7) is 2.27. The highest BCUT2D eigenvalue weighted by molar-refractivity contribution is 6.32. The van der Waals surface area contributed by atoms with E-state index in [9.17, 15) is 5.11 Å². The molecule has 0 saturated heterocycles. The minimum absolute atomic E-state index is 0.0670. The third-order valence-electron chi connectivity index (χ3n) is 1.57. The van der Waals surface area contributed by atoms with E-state index in [-0.39, 0.29) is 10.8 Å². The van der Waals surface area contributed by atoms with Crippen LogP contribution >= 0.6 is 11.6 Å². The Bertz CT molecular complexity index is 353. The van der Waals surface area contributed by atoms with E-state index < -0.39 is 0 Å². The summed E-state index contributed by atoms with van der Waals surface area (Å²) >= 11 is 5.76. The average molecular weight is 215 g/mol. The highest BCUT2D eigenvalue weighted by Crippen LogP contribution is 2.34. The van der Waals surface area contributed by atoms with Gasteiger partial charge in [0.05, 0.1) is 17.8 Å². The Morgan fingerprint density at radius 3 is 2.93 bits per heavy atom. The molecule has 76 valence electrons. The van der Waals surface area contributed by atoms with Crippen molar-refractivity contribution in [3.63, 3.8) is 0 Å². The van der Waals surface area contributed by atoms with Crippen LogP contribution in [0.15, 0.2) is 17.2 Å². The molecule has 0 spiro atoms. The van der Waals surface area contributed by atoms with Crippen LogP contribution in [0.3, 0.4) is 0 Å². The lowest BCUT2D eigenvalue weighted by atomic mass is 10.2. The summed E-state index contributed by atoms with van der Waals surface area (Å²) in [6.07, 6.45) is 1.42. The number of rotatable bonds is 3. The average Bonchev–Trinajstić information content (AvgIpc) is 2.14. The Morgan fingerprint density at radius 2 is 2.36 bits per heavy atom. The molecule has 0 fully saturated rings. The fourth-order valence-corrected chi connectivity index (χ4v) is 1.24. The van der Waals surface area contributed by atoms with E-state index in [0.29, 0.717) is 17.9 Å². The summed E-state index contributed by atoms with van der Waals surface area (Å²) in [5.74, 6) is 5.26. The highest BCUT2D eigenvalue weighted by Gasteiger charge is 2.08. The van der Waals surface area contributed by atoms with Crippen molar-refractivity contribution < 1.29 is 9.84 Å². The van der Waals surface area contributed by atoms with Crippen LogP contribution in [-0.2, 0) is 0 Å². The van der Waals surface area contributed by atoms with Gasteiger partial charge < -0.3 is 15.7 Å². The summed E-state index contributed by atoms with van der Waals surface area (Å²) in [5.41, 5.74) is 0.679. The molecule has 0 heterocycles. The first-order valence-electron chi connectivity index (χ1n) is 4.07. The van der Waals surface area contributed by atoms with Gasteiger partial charge in [0.2, 0.25) is 0 Å². The van der Waals surface area contributed by atoms with Crippen molar-refractivity contribution in [3.05, 3.63) is 22.7 Å². The maximum absolute atomic E-state index is 9.49. The van der Waals surface area contributed by atoms with Crippen LogP contribution in [0, 0.1) is 0 Å². The summed E-state index contributed by atoms with van der Waals surface area (Å²) in [5, 5.41) is 13.1. The molecule has 0 radical (unpaired) electrons. The molecule has 0 bridgehead atoms. The van der Waals surface area contributed by atoms with Gasteiger partial charge in [-0.05, 0) is 24.6 Å². The quantitative estimate of drug-likeness (QED) is 0.458. The summed E-state index contributed by atoms with van der Waals surface area (Å²) in [7, 11) is 0. The molecule has 5 heteroatoms. The number of nitrogens with zero attached hydrogens (tertiary/aromatic N) is 1. The normalized spacial score (nSPS) is 10.7. The van der Waals surface area contributed by atoms with E-state index >= 15 is 0 Å². The van der Waals surface area contributed by atoms with Gasteiger partial charge in [-0.3, -0.25) is 0 Å². The number of nitrogens with two attached hydrogens (primary N) is 1. The Kier molecular flexibility index (Phi) is 3.59. The first kappa shape index (κ1) is 10.7. The molecular weight excluding hydrogens is 204 g/mol. The van der Waals surface area contributed by atoms with E-state index in [2.05, 4.69) is 5.10 Å². The van der Waals surface area contributed by atoms with Gasteiger partial charge in [0.25, 0.3) is 0 Å². The second-order valence-electron chi connectivity index (χ2n) is 2.56. The van der Waals surface area contributed by atoms with E-state index in [1.54, 1.807) is 12.1 Å². The predicted molar refractivity (Wildman–Crippen MR) is 56.1 cm³/mol. The summed E-state index contributed by atoms with van der Waals surface area (Å²) in [6, 6.07) is 3.16. The minimum atomic E-state index is -0.0670. The lowest BCUT2D eigenvalue weighted by Gasteiger charge is -2.07. The minimum Gasteiger partial charge on any atom is -0.503 e. The second kappa shape index (κ2) is 4.72. The van der Waals surface area contributed by atoms with Gasteiger partial charge in [0.15, 0.2) is 11.5 Å². The molecule has 0 amide bonds. The first-order valence-corrected chi connectivity index (χ1v) is 4.45. The largest absolute Gasteiger partial charge is 0.503 e. The van der Waals surface area contributed by atoms with Crippen LogP contribution in [0.1, 0.15) is 12.5 Å². The number of phenolic OH excluding ortho intramolecular Hbond substituents is 1. The number of hydrogen-bond donors (Lipinski definition) is 2. The van der Waals surface area contributed by atoms with Crippen molar-refractivity contribution in [2.24, 2.45) is 10.9 Å². The van der Waals surface area contributed by atoms with Crippen LogP contribution < -0.4 is 10.6 Å². The van der Waals surface area contributed by atoms with Gasteiger partial charge in [-0.25, -0.2) is 0 Å². The topological polar surface area (TPSA) is 67.8 Å². The summed E-state index contributed by atoms with van der Waals surface area (Å²) < 4.78 is 5.17. The lowest BCUT2D eigenvalue weighted by Crippen LogP contribution is -1.94. The Balaban J connectivity index is 3.13. The van der Waals surface area contributed by atoms with Crippen molar-refractivity contribution in [1.29, 1.82) is 0 Å². The van der Waals surface area contributed by atoms with Crippen molar-refractivity contribution in [2.45, 2.75) is 6.92 Å². The Morgan fingerprint density at radius 1 is 1.64 bits per heavy atom. The molecule has 1 rings (SSSR count). The van der Waals surface area contributed by atoms with Gasteiger partial charge in [-0.2, -0.15) is 5.10 Å². The molecule has 0 aromatic heterocycles. The number of halogens is 1.